The van der Waals surface area contributed by atoms with E-state index in [4.69, 9.17) is 4.74 Å². The van der Waals surface area contributed by atoms with Crippen LogP contribution < -0.4 is 4.74 Å². The van der Waals surface area contributed by atoms with Crippen molar-refractivity contribution >= 4 is 0 Å². The summed E-state index contributed by atoms with van der Waals surface area (Å²) >= 11 is 0. The number of rotatable bonds is 3. The predicted molar refractivity (Wildman–Crippen MR) is 98.8 cm³/mol. The quantitative estimate of drug-likeness (QED) is 0.480. The Balaban J connectivity index is 1.52. The smallest absolute Gasteiger partial charge is 0.131 e. The van der Waals surface area contributed by atoms with E-state index in [1.54, 1.807) is 6.33 Å². The van der Waals surface area contributed by atoms with Gasteiger partial charge in [0.15, 0.2) is 0 Å². The SMILES string of the molecule is c1cc(Oc2cccc3c2Cc2ccccc2-3)cc(-c2cnc[nH]2)c1. The highest BCUT2D eigenvalue weighted by atomic mass is 16.5. The standard InChI is InChI=1S/C22H16N2O/c1-2-8-18-15(5-1)12-20-19(18)9-4-10-22(20)25-17-7-3-6-16(11-17)21-13-23-14-24-21/h1-11,13-14H,12H2,(H,23,24). The highest BCUT2D eigenvalue weighted by molar-refractivity contribution is 5.79. The van der Waals surface area contributed by atoms with Gasteiger partial charge in [-0.15, -0.1) is 0 Å². The Labute approximate surface area is 146 Å². The molecule has 0 radical (unpaired) electrons. The van der Waals surface area contributed by atoms with Gasteiger partial charge in [0.25, 0.3) is 0 Å². The van der Waals surface area contributed by atoms with Crippen LogP contribution in [0.2, 0.25) is 0 Å². The Hall–Kier alpha value is -3.33. The number of benzene rings is 3. The number of imidazole rings is 1. The van der Waals surface area contributed by atoms with Gasteiger partial charge in [-0.1, -0.05) is 48.5 Å². The molecule has 25 heavy (non-hydrogen) atoms. The fraction of sp³-hybridized carbons (Fsp3) is 0.0455. The highest BCUT2D eigenvalue weighted by Gasteiger charge is 2.21. The van der Waals surface area contributed by atoms with Gasteiger partial charge in [-0.2, -0.15) is 0 Å². The molecule has 0 aliphatic heterocycles. The van der Waals surface area contributed by atoms with Gasteiger partial charge in [0.2, 0.25) is 0 Å². The normalized spacial score (nSPS) is 11.8. The number of ether oxygens (including phenoxy) is 1. The Morgan fingerprint density at radius 2 is 1.76 bits per heavy atom. The van der Waals surface area contributed by atoms with E-state index in [2.05, 4.69) is 46.4 Å². The molecular formula is C22H16N2O. The summed E-state index contributed by atoms with van der Waals surface area (Å²) in [4.78, 5) is 7.22. The molecule has 1 N–H and O–H groups in total. The van der Waals surface area contributed by atoms with Crippen LogP contribution in [0.3, 0.4) is 0 Å². The lowest BCUT2D eigenvalue weighted by atomic mass is 10.1. The average molecular weight is 324 g/mol. The molecule has 0 fully saturated rings. The van der Waals surface area contributed by atoms with Gasteiger partial charge >= 0.3 is 0 Å². The van der Waals surface area contributed by atoms with Crippen molar-refractivity contribution in [2.75, 3.05) is 0 Å². The summed E-state index contributed by atoms with van der Waals surface area (Å²) in [6, 6.07) is 22.9. The van der Waals surface area contributed by atoms with Crippen LogP contribution in [0, 0.1) is 0 Å². The number of nitrogens with zero attached hydrogens (tertiary/aromatic N) is 1. The molecule has 1 heterocycles. The molecule has 0 saturated carbocycles. The van der Waals surface area contributed by atoms with Gasteiger partial charge in [0.05, 0.1) is 18.2 Å². The minimum absolute atomic E-state index is 0.830. The zero-order valence-electron chi connectivity index (χ0n) is 13.6. The van der Waals surface area contributed by atoms with Crippen LogP contribution in [0.25, 0.3) is 22.4 Å². The summed E-state index contributed by atoms with van der Waals surface area (Å²) in [6.45, 7) is 0. The summed E-state index contributed by atoms with van der Waals surface area (Å²) in [7, 11) is 0. The Kier molecular flexibility index (Phi) is 3.17. The van der Waals surface area contributed by atoms with Gasteiger partial charge in [-0.05, 0) is 34.9 Å². The monoisotopic (exact) mass is 324 g/mol. The Morgan fingerprint density at radius 1 is 0.880 bits per heavy atom. The number of hydrogen-bond acceptors (Lipinski definition) is 2. The fourth-order valence-electron chi connectivity index (χ4n) is 3.49. The van der Waals surface area contributed by atoms with Crippen LogP contribution in [0.5, 0.6) is 11.5 Å². The Bertz CT molecular complexity index is 1050. The van der Waals surface area contributed by atoms with Gasteiger partial charge < -0.3 is 9.72 Å². The molecule has 3 nitrogen and oxygen atoms in total. The molecule has 1 aliphatic carbocycles. The van der Waals surface area contributed by atoms with Crippen molar-refractivity contribution in [3.63, 3.8) is 0 Å². The van der Waals surface area contributed by atoms with E-state index in [0.717, 1.165) is 29.2 Å². The highest BCUT2D eigenvalue weighted by Crippen LogP contribution is 2.42. The number of nitrogens with one attached hydrogen (secondary N) is 1. The molecule has 0 saturated heterocycles. The van der Waals surface area contributed by atoms with Gasteiger partial charge in [0, 0.05) is 17.5 Å². The first kappa shape index (κ1) is 14.1. The lowest BCUT2D eigenvalue weighted by Crippen LogP contribution is -1.91. The van der Waals surface area contributed by atoms with Crippen molar-refractivity contribution < 1.29 is 4.74 Å². The molecule has 0 spiro atoms. The fourth-order valence-corrected chi connectivity index (χ4v) is 3.49. The third-order valence-corrected chi connectivity index (χ3v) is 4.68. The number of aromatic nitrogens is 2. The Morgan fingerprint density at radius 3 is 2.68 bits per heavy atom. The third-order valence-electron chi connectivity index (χ3n) is 4.68. The van der Waals surface area contributed by atoms with E-state index in [9.17, 15) is 0 Å². The van der Waals surface area contributed by atoms with Crippen molar-refractivity contribution in [3.8, 4) is 33.9 Å². The number of hydrogen-bond donors (Lipinski definition) is 1. The second-order valence-electron chi connectivity index (χ2n) is 6.21. The lowest BCUT2D eigenvalue weighted by molar-refractivity contribution is 0.478. The van der Waals surface area contributed by atoms with Crippen molar-refractivity contribution in [2.45, 2.75) is 6.42 Å². The van der Waals surface area contributed by atoms with Gasteiger partial charge in [-0.25, -0.2) is 4.98 Å². The summed E-state index contributed by atoms with van der Waals surface area (Å²) in [5.74, 6) is 1.76. The van der Waals surface area contributed by atoms with E-state index in [0.29, 0.717) is 0 Å². The van der Waals surface area contributed by atoms with Crippen LogP contribution in [0.1, 0.15) is 11.1 Å². The zero-order valence-corrected chi connectivity index (χ0v) is 13.6. The van der Waals surface area contributed by atoms with Crippen LogP contribution >= 0.6 is 0 Å². The molecular weight excluding hydrogens is 308 g/mol. The van der Waals surface area contributed by atoms with Crippen molar-refractivity contribution in [1.82, 2.24) is 9.97 Å². The third kappa shape index (κ3) is 2.41. The summed E-state index contributed by atoms with van der Waals surface area (Å²) in [5.41, 5.74) is 7.25. The van der Waals surface area contributed by atoms with Crippen LogP contribution in [0.15, 0.2) is 79.3 Å². The van der Waals surface area contributed by atoms with Gasteiger partial charge in [-0.3, -0.25) is 0 Å². The molecule has 1 aromatic heterocycles. The number of H-pyrrole nitrogens is 1. The molecule has 0 unspecified atom stereocenters. The lowest BCUT2D eigenvalue weighted by Gasteiger charge is -2.11. The van der Waals surface area contributed by atoms with Crippen LogP contribution in [0.4, 0.5) is 0 Å². The van der Waals surface area contributed by atoms with Crippen molar-refractivity contribution in [3.05, 3.63) is 90.4 Å². The zero-order chi connectivity index (χ0) is 16.6. The second-order valence-corrected chi connectivity index (χ2v) is 6.21. The number of fused-ring (bicyclic) bond motifs is 3. The molecule has 3 aromatic carbocycles. The molecule has 4 aromatic rings. The largest absolute Gasteiger partial charge is 0.457 e. The van der Waals surface area contributed by atoms with E-state index in [-0.39, 0.29) is 0 Å². The van der Waals surface area contributed by atoms with Crippen molar-refractivity contribution in [1.29, 1.82) is 0 Å². The molecule has 3 heteroatoms. The molecule has 120 valence electrons. The molecule has 5 rings (SSSR count). The van der Waals surface area contributed by atoms with Crippen molar-refractivity contribution in [2.24, 2.45) is 0 Å². The molecule has 0 amide bonds. The average Bonchev–Trinajstić information content (AvgIpc) is 3.31. The maximum atomic E-state index is 6.26. The second kappa shape index (κ2) is 5.64. The van der Waals surface area contributed by atoms with E-state index < -0.39 is 0 Å². The predicted octanol–water partition coefficient (Wildman–Crippen LogP) is 5.44. The van der Waals surface area contributed by atoms with E-state index in [1.807, 2.05) is 36.5 Å². The summed E-state index contributed by atoms with van der Waals surface area (Å²) in [5, 5.41) is 0. The first-order valence-corrected chi connectivity index (χ1v) is 8.35. The minimum atomic E-state index is 0.830. The first-order valence-electron chi connectivity index (χ1n) is 8.35. The molecule has 0 atom stereocenters. The summed E-state index contributed by atoms with van der Waals surface area (Å²) < 4.78 is 6.26. The topological polar surface area (TPSA) is 37.9 Å². The molecule has 1 aliphatic rings. The van der Waals surface area contributed by atoms with E-state index in [1.165, 1.54) is 22.3 Å². The van der Waals surface area contributed by atoms with Gasteiger partial charge in [0.1, 0.15) is 11.5 Å². The maximum Gasteiger partial charge on any atom is 0.131 e. The molecule has 0 bridgehead atoms. The van der Waals surface area contributed by atoms with Crippen LogP contribution in [-0.2, 0) is 6.42 Å². The minimum Gasteiger partial charge on any atom is -0.457 e. The maximum absolute atomic E-state index is 6.26. The van der Waals surface area contributed by atoms with Crippen LogP contribution in [-0.4, -0.2) is 9.97 Å². The van der Waals surface area contributed by atoms with E-state index >= 15 is 0 Å². The number of aromatic amines is 1. The first-order chi connectivity index (χ1) is 12.4. The summed E-state index contributed by atoms with van der Waals surface area (Å²) in [6.07, 6.45) is 4.42.